The number of anilines is 1. The first kappa shape index (κ1) is 10.0. The summed E-state index contributed by atoms with van der Waals surface area (Å²) in [7, 11) is 0. The second kappa shape index (κ2) is 4.03. The summed E-state index contributed by atoms with van der Waals surface area (Å²) in [4.78, 5) is 8.43. The van der Waals surface area contributed by atoms with Crippen LogP contribution >= 0.6 is 11.3 Å². The molecule has 2 heterocycles. The molecule has 0 saturated carbocycles. The molecule has 0 aliphatic carbocycles. The summed E-state index contributed by atoms with van der Waals surface area (Å²) in [6, 6.07) is 10.0. The minimum atomic E-state index is 0.563. The number of thiazole rings is 1. The topological polar surface area (TPSA) is 56.7 Å². The second-order valence-corrected chi connectivity index (χ2v) is 4.55. The highest BCUT2D eigenvalue weighted by Crippen LogP contribution is 2.32. The first-order chi connectivity index (χ1) is 8.34. The number of benzene rings is 1. The van der Waals surface area contributed by atoms with Crippen LogP contribution in [0.15, 0.2) is 49.1 Å². The van der Waals surface area contributed by atoms with E-state index in [-0.39, 0.29) is 0 Å². The maximum Gasteiger partial charge on any atom is 0.182 e. The van der Waals surface area contributed by atoms with Crippen LogP contribution in [0.25, 0.3) is 16.3 Å². The first-order valence-corrected chi connectivity index (χ1v) is 5.96. The minimum Gasteiger partial charge on any atom is -0.375 e. The minimum absolute atomic E-state index is 0.563. The molecule has 5 heteroatoms. The summed E-state index contributed by atoms with van der Waals surface area (Å²) in [6.45, 7) is 0. The van der Waals surface area contributed by atoms with Gasteiger partial charge in [-0.25, -0.2) is 9.97 Å². The van der Waals surface area contributed by atoms with Crippen molar-refractivity contribution < 1.29 is 0 Å². The van der Waals surface area contributed by atoms with Crippen molar-refractivity contribution >= 4 is 16.5 Å². The van der Waals surface area contributed by atoms with Crippen LogP contribution in [-0.2, 0) is 0 Å². The molecule has 4 nitrogen and oxygen atoms in total. The number of hydrogen-bond acceptors (Lipinski definition) is 4. The van der Waals surface area contributed by atoms with Crippen molar-refractivity contribution in [1.82, 2.24) is 14.5 Å². The largest absolute Gasteiger partial charge is 0.375 e. The molecule has 0 spiro atoms. The van der Waals surface area contributed by atoms with Gasteiger partial charge in [0, 0.05) is 18.0 Å². The van der Waals surface area contributed by atoms with E-state index in [9.17, 15) is 0 Å². The summed E-state index contributed by atoms with van der Waals surface area (Å²) in [6.07, 6.45) is 5.38. The van der Waals surface area contributed by atoms with Crippen molar-refractivity contribution in [2.45, 2.75) is 0 Å². The summed E-state index contributed by atoms with van der Waals surface area (Å²) in [5, 5.41) is 1.55. The Labute approximate surface area is 102 Å². The van der Waals surface area contributed by atoms with Crippen LogP contribution in [0.4, 0.5) is 5.13 Å². The van der Waals surface area contributed by atoms with Gasteiger partial charge in [0.1, 0.15) is 10.7 Å². The molecule has 0 atom stereocenters. The Morgan fingerprint density at radius 3 is 2.71 bits per heavy atom. The van der Waals surface area contributed by atoms with Gasteiger partial charge in [-0.05, 0) is 0 Å². The molecule has 0 unspecified atom stereocenters. The van der Waals surface area contributed by atoms with E-state index < -0.39 is 0 Å². The lowest BCUT2D eigenvalue weighted by atomic mass is 10.2. The van der Waals surface area contributed by atoms with E-state index in [1.54, 1.807) is 12.5 Å². The van der Waals surface area contributed by atoms with Crippen LogP contribution in [0.5, 0.6) is 0 Å². The van der Waals surface area contributed by atoms with Gasteiger partial charge in [0.15, 0.2) is 5.13 Å². The maximum absolute atomic E-state index is 5.80. The van der Waals surface area contributed by atoms with Gasteiger partial charge < -0.3 is 5.73 Å². The van der Waals surface area contributed by atoms with E-state index in [0.29, 0.717) is 5.13 Å². The van der Waals surface area contributed by atoms with Crippen molar-refractivity contribution in [2.24, 2.45) is 0 Å². The summed E-state index contributed by atoms with van der Waals surface area (Å²) < 4.78 is 1.93. The average Bonchev–Trinajstić information content (AvgIpc) is 2.98. The Morgan fingerprint density at radius 2 is 2.00 bits per heavy atom. The first-order valence-electron chi connectivity index (χ1n) is 5.14. The fraction of sp³-hybridized carbons (Fsp3) is 0. The molecule has 0 fully saturated rings. The van der Waals surface area contributed by atoms with Gasteiger partial charge in [-0.15, -0.1) is 0 Å². The van der Waals surface area contributed by atoms with Crippen molar-refractivity contribution in [3.63, 3.8) is 0 Å². The summed E-state index contributed by atoms with van der Waals surface area (Å²) >= 11 is 1.46. The van der Waals surface area contributed by atoms with Gasteiger partial charge >= 0.3 is 0 Å². The van der Waals surface area contributed by atoms with Crippen molar-refractivity contribution in [2.75, 3.05) is 5.73 Å². The standard InChI is InChI=1S/C12H10N4S/c13-12-15-10(9-4-2-1-3-5-9)11(17-12)16-7-6-14-8-16/h1-8H,(H2,13,15). The van der Waals surface area contributed by atoms with Crippen LogP contribution in [0.2, 0.25) is 0 Å². The zero-order chi connectivity index (χ0) is 11.7. The molecule has 1 aromatic carbocycles. The second-order valence-electron chi connectivity index (χ2n) is 3.54. The van der Waals surface area contributed by atoms with Crippen LogP contribution in [0.3, 0.4) is 0 Å². The Bertz CT molecular complexity index is 613. The van der Waals surface area contributed by atoms with E-state index in [0.717, 1.165) is 16.3 Å². The van der Waals surface area contributed by atoms with Crippen LogP contribution < -0.4 is 5.73 Å². The number of aromatic nitrogens is 3. The van der Waals surface area contributed by atoms with E-state index >= 15 is 0 Å². The predicted octanol–water partition coefficient (Wildman–Crippen LogP) is 2.58. The third-order valence-corrected chi connectivity index (χ3v) is 3.31. The molecular weight excluding hydrogens is 232 g/mol. The number of nitrogens with two attached hydrogens (primary N) is 1. The number of hydrogen-bond donors (Lipinski definition) is 1. The highest BCUT2D eigenvalue weighted by Gasteiger charge is 2.12. The Kier molecular flexibility index (Phi) is 2.38. The zero-order valence-electron chi connectivity index (χ0n) is 8.95. The fourth-order valence-electron chi connectivity index (χ4n) is 1.67. The molecule has 0 aliphatic heterocycles. The van der Waals surface area contributed by atoms with Crippen molar-refractivity contribution in [3.05, 3.63) is 49.1 Å². The van der Waals surface area contributed by atoms with Crippen LogP contribution in [-0.4, -0.2) is 14.5 Å². The summed E-state index contributed by atoms with van der Waals surface area (Å²) in [5.74, 6) is 0. The predicted molar refractivity (Wildman–Crippen MR) is 69.1 cm³/mol. The van der Waals surface area contributed by atoms with E-state index in [1.165, 1.54) is 11.3 Å². The molecule has 0 radical (unpaired) electrons. The lowest BCUT2D eigenvalue weighted by molar-refractivity contribution is 1.08. The molecule has 84 valence electrons. The van der Waals surface area contributed by atoms with Gasteiger partial charge in [-0.1, -0.05) is 41.7 Å². The van der Waals surface area contributed by atoms with E-state index in [2.05, 4.69) is 9.97 Å². The molecule has 17 heavy (non-hydrogen) atoms. The third kappa shape index (κ3) is 1.81. The average molecular weight is 242 g/mol. The van der Waals surface area contributed by atoms with E-state index in [1.807, 2.05) is 41.1 Å². The molecule has 0 aliphatic rings. The molecule has 0 amide bonds. The quantitative estimate of drug-likeness (QED) is 0.751. The maximum atomic E-state index is 5.80. The lowest BCUT2D eigenvalue weighted by Gasteiger charge is -2.01. The van der Waals surface area contributed by atoms with Gasteiger partial charge in [0.25, 0.3) is 0 Å². The number of imidazole rings is 1. The van der Waals surface area contributed by atoms with Gasteiger partial charge in [-0.2, -0.15) is 0 Å². The Balaban J connectivity index is 2.18. The highest BCUT2D eigenvalue weighted by atomic mass is 32.1. The Hall–Kier alpha value is -2.14. The number of nitrogens with zero attached hydrogens (tertiary/aromatic N) is 3. The third-order valence-electron chi connectivity index (χ3n) is 2.41. The SMILES string of the molecule is Nc1nc(-c2ccccc2)c(-n2ccnc2)s1. The zero-order valence-corrected chi connectivity index (χ0v) is 9.76. The molecule has 0 bridgehead atoms. The molecule has 3 rings (SSSR count). The van der Waals surface area contributed by atoms with Crippen molar-refractivity contribution in [3.8, 4) is 16.3 Å². The molecule has 2 aromatic heterocycles. The Morgan fingerprint density at radius 1 is 1.18 bits per heavy atom. The fourth-order valence-corrected chi connectivity index (χ4v) is 2.48. The summed E-state index contributed by atoms with van der Waals surface area (Å²) in [5.41, 5.74) is 7.75. The molecular formula is C12H10N4S. The highest BCUT2D eigenvalue weighted by molar-refractivity contribution is 7.18. The van der Waals surface area contributed by atoms with E-state index in [4.69, 9.17) is 5.73 Å². The van der Waals surface area contributed by atoms with Gasteiger partial charge in [0.2, 0.25) is 0 Å². The van der Waals surface area contributed by atoms with Crippen LogP contribution in [0, 0.1) is 0 Å². The lowest BCUT2D eigenvalue weighted by Crippen LogP contribution is -1.90. The smallest absolute Gasteiger partial charge is 0.182 e. The van der Waals surface area contributed by atoms with Crippen LogP contribution in [0.1, 0.15) is 0 Å². The monoisotopic (exact) mass is 242 g/mol. The van der Waals surface area contributed by atoms with Gasteiger partial charge in [-0.3, -0.25) is 4.57 Å². The normalized spacial score (nSPS) is 10.6. The van der Waals surface area contributed by atoms with Crippen molar-refractivity contribution in [1.29, 1.82) is 0 Å². The molecule has 3 aromatic rings. The number of nitrogen functional groups attached to an aromatic ring is 1. The number of rotatable bonds is 2. The molecule has 0 saturated heterocycles. The van der Waals surface area contributed by atoms with Gasteiger partial charge in [0.05, 0.1) is 6.33 Å². The molecule has 2 N–H and O–H groups in total.